The van der Waals surface area contributed by atoms with E-state index >= 15 is 0 Å². The molecule has 0 spiro atoms. The van der Waals surface area contributed by atoms with Gasteiger partial charge in [-0.25, -0.2) is 13.6 Å². The average Bonchev–Trinajstić information content (AvgIpc) is 2.82. The summed E-state index contributed by atoms with van der Waals surface area (Å²) in [5.41, 5.74) is -0.0709. The number of alkyl halides is 2. The van der Waals surface area contributed by atoms with Crippen LogP contribution in [0.4, 0.5) is 8.78 Å². The van der Waals surface area contributed by atoms with E-state index < -0.39 is 12.4 Å². The molecule has 1 aliphatic carbocycles. The maximum absolute atomic E-state index is 12.3. The SMILES string of the molecule is CCOC(=O)C=C(C(F)F)C1CC1. The molecule has 0 aromatic carbocycles. The van der Waals surface area contributed by atoms with Crippen LogP contribution in [0.3, 0.4) is 0 Å². The molecule has 1 rings (SSSR count). The first-order valence-electron chi connectivity index (χ1n) is 4.31. The van der Waals surface area contributed by atoms with E-state index in [1.807, 2.05) is 0 Å². The molecule has 0 amide bonds. The van der Waals surface area contributed by atoms with E-state index in [4.69, 9.17) is 0 Å². The van der Waals surface area contributed by atoms with Gasteiger partial charge in [-0.15, -0.1) is 0 Å². The maximum Gasteiger partial charge on any atom is 0.330 e. The normalized spacial score (nSPS) is 17.7. The number of halogens is 2. The number of rotatable bonds is 4. The predicted molar refractivity (Wildman–Crippen MR) is 43.4 cm³/mol. The summed E-state index contributed by atoms with van der Waals surface area (Å²) < 4.78 is 29.2. The molecular weight excluding hydrogens is 178 g/mol. The molecule has 1 aliphatic rings. The molecule has 0 bridgehead atoms. The first kappa shape index (κ1) is 10.2. The van der Waals surface area contributed by atoms with Gasteiger partial charge in [-0.3, -0.25) is 0 Å². The van der Waals surface area contributed by atoms with E-state index in [1.165, 1.54) is 0 Å². The Bertz CT molecular complexity index is 216. The van der Waals surface area contributed by atoms with E-state index in [0.29, 0.717) is 0 Å². The summed E-state index contributed by atoms with van der Waals surface area (Å²) >= 11 is 0. The molecule has 1 saturated carbocycles. The van der Waals surface area contributed by atoms with Crippen molar-refractivity contribution in [2.24, 2.45) is 5.92 Å². The van der Waals surface area contributed by atoms with Crippen molar-refractivity contribution in [2.75, 3.05) is 6.61 Å². The van der Waals surface area contributed by atoms with E-state index in [9.17, 15) is 13.6 Å². The second-order valence-electron chi connectivity index (χ2n) is 2.97. The van der Waals surface area contributed by atoms with Crippen molar-refractivity contribution in [1.82, 2.24) is 0 Å². The average molecular weight is 190 g/mol. The molecule has 0 aromatic rings. The summed E-state index contributed by atoms with van der Waals surface area (Å²) in [4.78, 5) is 10.9. The zero-order valence-electron chi connectivity index (χ0n) is 7.43. The lowest BCUT2D eigenvalue weighted by molar-refractivity contribution is -0.137. The molecule has 0 saturated heterocycles. The van der Waals surface area contributed by atoms with Crippen molar-refractivity contribution < 1.29 is 18.3 Å². The van der Waals surface area contributed by atoms with Gasteiger partial charge in [-0.1, -0.05) is 0 Å². The topological polar surface area (TPSA) is 26.3 Å². The van der Waals surface area contributed by atoms with Crippen molar-refractivity contribution >= 4 is 5.97 Å². The fourth-order valence-electron chi connectivity index (χ4n) is 1.10. The first-order valence-corrected chi connectivity index (χ1v) is 4.31. The Morgan fingerprint density at radius 3 is 2.62 bits per heavy atom. The highest BCUT2D eigenvalue weighted by atomic mass is 19.3. The monoisotopic (exact) mass is 190 g/mol. The van der Waals surface area contributed by atoms with E-state index in [-0.39, 0.29) is 18.1 Å². The second-order valence-corrected chi connectivity index (χ2v) is 2.97. The number of allylic oxidation sites excluding steroid dienone is 1. The molecule has 0 heterocycles. The van der Waals surface area contributed by atoms with Crippen LogP contribution in [0, 0.1) is 5.92 Å². The quantitative estimate of drug-likeness (QED) is 0.501. The van der Waals surface area contributed by atoms with Crippen LogP contribution < -0.4 is 0 Å². The summed E-state index contributed by atoms with van der Waals surface area (Å²) in [6, 6.07) is 0. The second kappa shape index (κ2) is 4.35. The van der Waals surface area contributed by atoms with Crippen LogP contribution in [0.5, 0.6) is 0 Å². The van der Waals surface area contributed by atoms with Crippen LogP contribution in [0.2, 0.25) is 0 Å². The van der Waals surface area contributed by atoms with Crippen molar-refractivity contribution in [2.45, 2.75) is 26.2 Å². The lowest BCUT2D eigenvalue weighted by atomic mass is 10.1. The molecule has 4 heteroatoms. The summed E-state index contributed by atoms with van der Waals surface area (Å²) in [5.74, 6) is -0.755. The number of hydrogen-bond donors (Lipinski definition) is 0. The smallest absolute Gasteiger partial charge is 0.330 e. The largest absolute Gasteiger partial charge is 0.463 e. The van der Waals surface area contributed by atoms with Gasteiger partial charge in [0.15, 0.2) is 0 Å². The predicted octanol–water partition coefficient (Wildman–Crippen LogP) is 2.15. The van der Waals surface area contributed by atoms with Crippen molar-refractivity contribution in [1.29, 1.82) is 0 Å². The first-order chi connectivity index (χ1) is 6.15. The van der Waals surface area contributed by atoms with Gasteiger partial charge in [-0.05, 0) is 25.7 Å². The zero-order chi connectivity index (χ0) is 9.84. The third-order valence-electron chi connectivity index (χ3n) is 1.87. The molecule has 0 radical (unpaired) electrons. The van der Waals surface area contributed by atoms with Gasteiger partial charge in [0.05, 0.1) is 6.61 Å². The molecule has 13 heavy (non-hydrogen) atoms. The van der Waals surface area contributed by atoms with Gasteiger partial charge in [0.1, 0.15) is 0 Å². The van der Waals surface area contributed by atoms with E-state index in [2.05, 4.69) is 4.74 Å². The number of ether oxygens (including phenoxy) is 1. The van der Waals surface area contributed by atoms with Gasteiger partial charge in [0.25, 0.3) is 6.43 Å². The van der Waals surface area contributed by atoms with Gasteiger partial charge in [-0.2, -0.15) is 0 Å². The summed E-state index contributed by atoms with van der Waals surface area (Å²) in [5, 5.41) is 0. The molecule has 0 aromatic heterocycles. The number of carbonyl (C=O) groups is 1. The standard InChI is InChI=1S/C9H12F2O2/c1-2-13-8(12)5-7(9(10)11)6-3-4-6/h5-6,9H,2-4H2,1H3. The van der Waals surface area contributed by atoms with Gasteiger partial charge in [0, 0.05) is 11.6 Å². The molecule has 1 fully saturated rings. The number of hydrogen-bond acceptors (Lipinski definition) is 2. The highest BCUT2D eigenvalue weighted by Gasteiger charge is 2.31. The fourth-order valence-corrected chi connectivity index (χ4v) is 1.10. The molecule has 0 atom stereocenters. The Morgan fingerprint density at radius 1 is 1.62 bits per heavy atom. The van der Waals surface area contributed by atoms with Gasteiger partial charge in [0.2, 0.25) is 0 Å². The van der Waals surface area contributed by atoms with Crippen LogP contribution in [0.25, 0.3) is 0 Å². The van der Waals surface area contributed by atoms with Crippen molar-refractivity contribution in [3.8, 4) is 0 Å². The summed E-state index contributed by atoms with van der Waals surface area (Å²) in [7, 11) is 0. The zero-order valence-corrected chi connectivity index (χ0v) is 7.43. The van der Waals surface area contributed by atoms with Crippen molar-refractivity contribution in [3.63, 3.8) is 0 Å². The Kier molecular flexibility index (Phi) is 3.39. The molecule has 74 valence electrons. The molecular formula is C9H12F2O2. The summed E-state index contributed by atoms with van der Waals surface area (Å²) in [6.07, 6.45) is -0.0753. The Morgan fingerprint density at radius 2 is 2.23 bits per heavy atom. The fraction of sp³-hybridized carbons (Fsp3) is 0.667. The minimum atomic E-state index is -2.53. The molecule has 2 nitrogen and oxygen atoms in total. The minimum Gasteiger partial charge on any atom is -0.463 e. The van der Waals surface area contributed by atoms with Crippen LogP contribution in [0.15, 0.2) is 11.6 Å². The lowest BCUT2D eigenvalue weighted by Gasteiger charge is -2.03. The number of esters is 1. The van der Waals surface area contributed by atoms with Crippen LogP contribution in [-0.4, -0.2) is 19.0 Å². The summed E-state index contributed by atoms with van der Waals surface area (Å²) in [6.45, 7) is 1.86. The number of carbonyl (C=O) groups excluding carboxylic acids is 1. The van der Waals surface area contributed by atoms with Crippen LogP contribution in [-0.2, 0) is 9.53 Å². The Labute approximate surface area is 75.6 Å². The van der Waals surface area contributed by atoms with Crippen molar-refractivity contribution in [3.05, 3.63) is 11.6 Å². The van der Waals surface area contributed by atoms with E-state index in [1.54, 1.807) is 6.92 Å². The van der Waals surface area contributed by atoms with Crippen LogP contribution in [0.1, 0.15) is 19.8 Å². The molecule has 0 N–H and O–H groups in total. The third-order valence-corrected chi connectivity index (χ3v) is 1.87. The van der Waals surface area contributed by atoms with Gasteiger partial charge >= 0.3 is 5.97 Å². The third kappa shape index (κ3) is 3.13. The maximum atomic E-state index is 12.3. The molecule has 0 aliphatic heterocycles. The van der Waals surface area contributed by atoms with Crippen LogP contribution >= 0.6 is 0 Å². The highest BCUT2D eigenvalue weighted by molar-refractivity contribution is 5.83. The lowest BCUT2D eigenvalue weighted by Crippen LogP contribution is -2.06. The Hall–Kier alpha value is -0.930. The minimum absolute atomic E-state index is 0.0709. The molecule has 0 unspecified atom stereocenters. The van der Waals surface area contributed by atoms with Gasteiger partial charge < -0.3 is 4.74 Å². The Balaban J connectivity index is 2.57. The highest BCUT2D eigenvalue weighted by Crippen LogP contribution is 2.39. The van der Waals surface area contributed by atoms with E-state index in [0.717, 1.165) is 18.9 Å².